The first-order valence-electron chi connectivity index (χ1n) is 8.15. The summed E-state index contributed by atoms with van der Waals surface area (Å²) in [6.07, 6.45) is 0.0163. The molecule has 0 saturated carbocycles. The van der Waals surface area contributed by atoms with Crippen LogP contribution in [0.1, 0.15) is 43.6 Å². The van der Waals surface area contributed by atoms with Gasteiger partial charge in [-0.25, -0.2) is 4.79 Å². The topological polar surface area (TPSA) is 38.3 Å². The van der Waals surface area contributed by atoms with Gasteiger partial charge in [0.2, 0.25) is 0 Å². The summed E-state index contributed by atoms with van der Waals surface area (Å²) in [7, 11) is 0. The van der Waals surface area contributed by atoms with E-state index in [0.717, 1.165) is 5.56 Å². The Bertz CT molecular complexity index is 734. The van der Waals surface area contributed by atoms with Crippen molar-refractivity contribution in [3.8, 4) is 0 Å². The molecule has 0 spiro atoms. The van der Waals surface area contributed by atoms with Gasteiger partial charge in [0, 0.05) is 5.02 Å². The largest absolute Gasteiger partial charge is 0.439 e. The van der Waals surface area contributed by atoms with E-state index in [1.54, 1.807) is 0 Å². The van der Waals surface area contributed by atoms with Crippen molar-refractivity contribution >= 4 is 17.7 Å². The molecule has 3 rings (SSSR count). The van der Waals surface area contributed by atoms with Gasteiger partial charge >= 0.3 is 6.09 Å². The maximum absolute atomic E-state index is 11.7. The van der Waals surface area contributed by atoms with Crippen LogP contribution in [0.4, 0.5) is 4.79 Å². The summed E-state index contributed by atoms with van der Waals surface area (Å²) in [6.45, 7) is 6.59. The normalized spacial score (nSPS) is 20.6. The van der Waals surface area contributed by atoms with Gasteiger partial charge in [-0.3, -0.25) is 0 Å². The van der Waals surface area contributed by atoms with Crippen molar-refractivity contribution in [2.45, 2.75) is 44.8 Å². The summed E-state index contributed by atoms with van der Waals surface area (Å²) < 4.78 is 5.46. The number of alkyl carbamates (subject to hydrolysis) is 1. The SMILES string of the molecule is CC(C)(C)c1ccc(CC2NC(=O)OC2c2cccc(Cl)c2)cc1. The van der Waals surface area contributed by atoms with Crippen LogP contribution in [0.5, 0.6) is 0 Å². The molecule has 2 atom stereocenters. The average Bonchev–Trinajstić information content (AvgIpc) is 2.87. The Labute approximate surface area is 148 Å². The van der Waals surface area contributed by atoms with E-state index in [2.05, 4.69) is 50.4 Å². The van der Waals surface area contributed by atoms with Gasteiger partial charge in [0.1, 0.15) is 6.10 Å². The lowest BCUT2D eigenvalue weighted by Crippen LogP contribution is -2.30. The van der Waals surface area contributed by atoms with Crippen molar-refractivity contribution in [2.24, 2.45) is 0 Å². The Morgan fingerprint density at radius 2 is 1.83 bits per heavy atom. The fraction of sp³-hybridized carbons (Fsp3) is 0.350. The van der Waals surface area contributed by atoms with Gasteiger partial charge < -0.3 is 10.1 Å². The Balaban J connectivity index is 1.79. The number of amides is 1. The van der Waals surface area contributed by atoms with Gasteiger partial charge in [0.05, 0.1) is 6.04 Å². The number of nitrogens with one attached hydrogen (secondary N) is 1. The highest BCUT2D eigenvalue weighted by Crippen LogP contribution is 2.30. The van der Waals surface area contributed by atoms with E-state index >= 15 is 0 Å². The van der Waals surface area contributed by atoms with Crippen LogP contribution >= 0.6 is 11.6 Å². The van der Waals surface area contributed by atoms with Crippen LogP contribution in [0.15, 0.2) is 48.5 Å². The van der Waals surface area contributed by atoms with Crippen LogP contribution in [0.2, 0.25) is 5.02 Å². The second-order valence-corrected chi connectivity index (χ2v) is 7.72. The number of benzene rings is 2. The molecule has 1 aliphatic heterocycles. The van der Waals surface area contributed by atoms with Crippen molar-refractivity contribution in [1.82, 2.24) is 5.32 Å². The van der Waals surface area contributed by atoms with Gasteiger partial charge in [-0.1, -0.05) is 68.8 Å². The third-order valence-corrected chi connectivity index (χ3v) is 4.59. The van der Waals surface area contributed by atoms with E-state index in [9.17, 15) is 4.79 Å². The number of carbonyl (C=O) groups is 1. The molecule has 0 aromatic heterocycles. The third kappa shape index (κ3) is 3.73. The number of halogens is 1. The summed E-state index contributed by atoms with van der Waals surface area (Å²) in [5.74, 6) is 0. The summed E-state index contributed by atoms with van der Waals surface area (Å²) in [5.41, 5.74) is 3.51. The highest BCUT2D eigenvalue weighted by molar-refractivity contribution is 6.30. The predicted octanol–water partition coefficient (Wildman–Crippen LogP) is 5.03. The summed E-state index contributed by atoms with van der Waals surface area (Å²) in [5, 5.41) is 3.55. The van der Waals surface area contributed by atoms with Crippen molar-refractivity contribution in [2.75, 3.05) is 0 Å². The summed E-state index contributed by atoms with van der Waals surface area (Å²) in [6, 6.07) is 15.9. The highest BCUT2D eigenvalue weighted by atomic mass is 35.5. The van der Waals surface area contributed by atoms with E-state index in [4.69, 9.17) is 16.3 Å². The van der Waals surface area contributed by atoms with Gasteiger partial charge in [-0.2, -0.15) is 0 Å². The van der Waals surface area contributed by atoms with Gasteiger partial charge in [0.25, 0.3) is 0 Å². The van der Waals surface area contributed by atoms with Gasteiger partial charge in [-0.05, 0) is 40.7 Å². The zero-order valence-electron chi connectivity index (χ0n) is 14.2. The van der Waals surface area contributed by atoms with Crippen LogP contribution < -0.4 is 5.32 Å². The molecule has 1 fully saturated rings. The average molecular weight is 344 g/mol. The van der Waals surface area contributed by atoms with Crippen molar-refractivity contribution in [3.05, 3.63) is 70.2 Å². The molecule has 2 aromatic carbocycles. The molecular weight excluding hydrogens is 322 g/mol. The minimum Gasteiger partial charge on any atom is -0.439 e. The number of carbonyl (C=O) groups excluding carboxylic acids is 1. The zero-order chi connectivity index (χ0) is 17.3. The molecule has 2 aromatic rings. The lowest BCUT2D eigenvalue weighted by atomic mass is 9.86. The van der Waals surface area contributed by atoms with Crippen LogP contribution in [-0.2, 0) is 16.6 Å². The molecule has 126 valence electrons. The first-order chi connectivity index (χ1) is 11.3. The Morgan fingerprint density at radius 1 is 1.12 bits per heavy atom. The Hall–Kier alpha value is -2.00. The third-order valence-electron chi connectivity index (χ3n) is 4.36. The highest BCUT2D eigenvalue weighted by Gasteiger charge is 2.35. The van der Waals surface area contributed by atoms with E-state index in [-0.39, 0.29) is 23.7 Å². The molecule has 0 bridgehead atoms. The number of ether oxygens (including phenoxy) is 1. The molecule has 2 unspecified atom stereocenters. The molecule has 1 saturated heterocycles. The van der Waals surface area contributed by atoms with E-state index in [1.165, 1.54) is 11.1 Å². The van der Waals surface area contributed by atoms with Gasteiger partial charge in [-0.15, -0.1) is 0 Å². The number of rotatable bonds is 3. The van der Waals surface area contributed by atoms with Gasteiger partial charge in [0.15, 0.2) is 0 Å². The quantitative estimate of drug-likeness (QED) is 0.848. The number of hydrogen-bond acceptors (Lipinski definition) is 2. The Morgan fingerprint density at radius 3 is 2.46 bits per heavy atom. The molecule has 1 amide bonds. The molecular formula is C20H22ClNO2. The summed E-state index contributed by atoms with van der Waals surface area (Å²) >= 11 is 6.07. The minimum atomic E-state index is -0.378. The number of hydrogen-bond donors (Lipinski definition) is 1. The second-order valence-electron chi connectivity index (χ2n) is 7.28. The maximum atomic E-state index is 11.7. The fourth-order valence-electron chi connectivity index (χ4n) is 3.00. The lowest BCUT2D eigenvalue weighted by Gasteiger charge is -2.20. The maximum Gasteiger partial charge on any atom is 0.408 e. The fourth-order valence-corrected chi connectivity index (χ4v) is 3.19. The molecule has 1 N–H and O–H groups in total. The molecule has 1 aliphatic rings. The molecule has 1 heterocycles. The standard InChI is InChI=1S/C20H22ClNO2/c1-20(2,3)15-9-7-13(8-10-15)11-17-18(24-19(23)22-17)14-5-4-6-16(21)12-14/h4-10,12,17-18H,11H2,1-3H3,(H,22,23). The first-order valence-corrected chi connectivity index (χ1v) is 8.53. The Kier molecular flexibility index (Phi) is 4.55. The molecule has 4 heteroatoms. The van der Waals surface area contributed by atoms with Crippen LogP contribution in [-0.4, -0.2) is 12.1 Å². The monoisotopic (exact) mass is 343 g/mol. The van der Waals surface area contributed by atoms with Crippen molar-refractivity contribution in [1.29, 1.82) is 0 Å². The van der Waals surface area contributed by atoms with E-state index < -0.39 is 0 Å². The molecule has 3 nitrogen and oxygen atoms in total. The lowest BCUT2D eigenvalue weighted by molar-refractivity contribution is 0.132. The molecule has 0 radical (unpaired) electrons. The number of cyclic esters (lactones) is 1. The van der Waals surface area contributed by atoms with Crippen molar-refractivity contribution in [3.63, 3.8) is 0 Å². The van der Waals surface area contributed by atoms with E-state index in [0.29, 0.717) is 11.4 Å². The first kappa shape index (κ1) is 16.8. The van der Waals surface area contributed by atoms with Crippen molar-refractivity contribution < 1.29 is 9.53 Å². The van der Waals surface area contributed by atoms with Crippen LogP contribution in [0.25, 0.3) is 0 Å². The minimum absolute atomic E-state index is 0.101. The predicted molar refractivity (Wildman–Crippen MR) is 96.4 cm³/mol. The molecule has 0 aliphatic carbocycles. The summed E-state index contributed by atoms with van der Waals surface area (Å²) in [4.78, 5) is 11.7. The van der Waals surface area contributed by atoms with E-state index in [1.807, 2.05) is 24.3 Å². The zero-order valence-corrected chi connectivity index (χ0v) is 14.9. The van der Waals surface area contributed by atoms with Crippen LogP contribution in [0, 0.1) is 0 Å². The second kappa shape index (κ2) is 6.48. The van der Waals surface area contributed by atoms with Crippen LogP contribution in [0.3, 0.4) is 0 Å². The molecule has 24 heavy (non-hydrogen) atoms. The smallest absolute Gasteiger partial charge is 0.408 e.